The van der Waals surface area contributed by atoms with E-state index in [4.69, 9.17) is 0 Å². The summed E-state index contributed by atoms with van der Waals surface area (Å²) in [7, 11) is -1.94. The number of piperidine rings is 1. The van der Waals surface area contributed by atoms with Crippen LogP contribution < -0.4 is 4.90 Å². The molecular formula is C19H25N3O4S. The van der Waals surface area contributed by atoms with Crippen LogP contribution in [0.25, 0.3) is 0 Å². The molecule has 3 rings (SSSR count). The van der Waals surface area contributed by atoms with E-state index in [0.717, 1.165) is 30.5 Å². The lowest BCUT2D eigenvalue weighted by atomic mass is 10.2. The number of sulfonamides is 1. The van der Waals surface area contributed by atoms with Crippen molar-refractivity contribution in [3.05, 3.63) is 36.4 Å². The average Bonchev–Trinajstić information content (AvgIpc) is 3.11. The van der Waals surface area contributed by atoms with E-state index in [1.807, 2.05) is 0 Å². The molecule has 0 saturated carbocycles. The zero-order valence-corrected chi connectivity index (χ0v) is 16.4. The van der Waals surface area contributed by atoms with Gasteiger partial charge in [-0.15, -0.1) is 0 Å². The van der Waals surface area contributed by atoms with Gasteiger partial charge in [0, 0.05) is 32.4 Å². The number of hydrogen-bond acceptors (Lipinski definition) is 4. The Morgan fingerprint density at radius 2 is 1.89 bits per heavy atom. The van der Waals surface area contributed by atoms with Gasteiger partial charge in [-0.1, -0.05) is 13.0 Å². The number of likely N-dealkylation sites (N-methyl/N-ethyl adjacent to an activating group) is 1. The molecule has 0 spiro atoms. The predicted octanol–water partition coefficient (Wildman–Crippen LogP) is 1.39. The standard InChI is InChI=1S/C19H25N3O4S/c1-3-18(23)20(2)14-19(24)22-12-9-15-13-16(7-8-17(15)22)27(25,26)21-10-5-4-6-11-21/h3,7-8,13H,1,4-6,9-12,14H2,2H3. The van der Waals surface area contributed by atoms with Gasteiger partial charge in [-0.2, -0.15) is 4.31 Å². The molecule has 2 aliphatic rings. The van der Waals surface area contributed by atoms with Crippen LogP contribution in [0.2, 0.25) is 0 Å². The monoisotopic (exact) mass is 391 g/mol. The first-order chi connectivity index (χ1) is 12.8. The molecule has 0 atom stereocenters. The van der Waals surface area contributed by atoms with E-state index in [9.17, 15) is 18.0 Å². The third-order valence-corrected chi connectivity index (χ3v) is 7.02. The molecule has 1 fully saturated rings. The summed E-state index contributed by atoms with van der Waals surface area (Å²) in [5.74, 6) is -0.510. The Labute approximate surface area is 160 Å². The Balaban J connectivity index is 1.78. The summed E-state index contributed by atoms with van der Waals surface area (Å²) in [6.45, 7) is 4.98. The minimum Gasteiger partial charge on any atom is -0.333 e. The minimum atomic E-state index is -3.49. The maximum atomic E-state index is 12.8. The lowest BCUT2D eigenvalue weighted by Gasteiger charge is -2.26. The summed E-state index contributed by atoms with van der Waals surface area (Å²) in [6, 6.07) is 4.96. The summed E-state index contributed by atoms with van der Waals surface area (Å²) < 4.78 is 27.2. The normalized spacial score (nSPS) is 17.4. The van der Waals surface area contributed by atoms with Gasteiger partial charge < -0.3 is 9.80 Å². The number of benzene rings is 1. The molecule has 27 heavy (non-hydrogen) atoms. The van der Waals surface area contributed by atoms with Crippen molar-refractivity contribution in [2.75, 3.05) is 38.1 Å². The highest BCUT2D eigenvalue weighted by molar-refractivity contribution is 7.89. The fourth-order valence-corrected chi connectivity index (χ4v) is 5.14. The highest BCUT2D eigenvalue weighted by atomic mass is 32.2. The molecule has 1 saturated heterocycles. The second-order valence-corrected chi connectivity index (χ2v) is 8.89. The molecule has 2 amide bonds. The van der Waals surface area contributed by atoms with Gasteiger partial charge in [-0.25, -0.2) is 8.42 Å². The van der Waals surface area contributed by atoms with E-state index in [-0.39, 0.29) is 23.3 Å². The summed E-state index contributed by atoms with van der Waals surface area (Å²) >= 11 is 0. The molecule has 2 heterocycles. The van der Waals surface area contributed by atoms with E-state index in [1.54, 1.807) is 34.5 Å². The molecule has 0 aliphatic carbocycles. The predicted molar refractivity (Wildman–Crippen MR) is 103 cm³/mol. The molecule has 1 aromatic rings. The Kier molecular flexibility index (Phi) is 5.67. The molecule has 0 unspecified atom stereocenters. The molecule has 2 aliphatic heterocycles. The van der Waals surface area contributed by atoms with E-state index >= 15 is 0 Å². The van der Waals surface area contributed by atoms with Crippen LogP contribution in [0.5, 0.6) is 0 Å². The largest absolute Gasteiger partial charge is 0.333 e. The van der Waals surface area contributed by atoms with Crippen LogP contribution in [-0.2, 0) is 26.0 Å². The quantitative estimate of drug-likeness (QED) is 0.711. The van der Waals surface area contributed by atoms with Gasteiger partial charge in [0.1, 0.15) is 6.54 Å². The van der Waals surface area contributed by atoms with Gasteiger partial charge in [0.05, 0.1) is 4.90 Å². The van der Waals surface area contributed by atoms with Gasteiger partial charge >= 0.3 is 0 Å². The van der Waals surface area contributed by atoms with Crippen LogP contribution >= 0.6 is 0 Å². The first-order valence-corrected chi connectivity index (χ1v) is 10.6. The van der Waals surface area contributed by atoms with Crippen molar-refractivity contribution in [3.8, 4) is 0 Å². The summed E-state index contributed by atoms with van der Waals surface area (Å²) in [6.07, 6.45) is 4.62. The molecule has 1 aromatic carbocycles. The molecule has 0 radical (unpaired) electrons. The number of fused-ring (bicyclic) bond motifs is 1. The van der Waals surface area contributed by atoms with Crippen molar-refractivity contribution >= 4 is 27.5 Å². The molecule has 7 nitrogen and oxygen atoms in total. The highest BCUT2D eigenvalue weighted by Crippen LogP contribution is 2.31. The number of rotatable bonds is 5. The molecular weight excluding hydrogens is 366 g/mol. The molecule has 0 bridgehead atoms. The van der Waals surface area contributed by atoms with Crippen molar-refractivity contribution in [1.82, 2.24) is 9.21 Å². The number of hydrogen-bond donors (Lipinski definition) is 0. The van der Waals surface area contributed by atoms with Gasteiger partial charge in [0.2, 0.25) is 21.8 Å². The number of anilines is 1. The van der Waals surface area contributed by atoms with Crippen LogP contribution in [0.15, 0.2) is 35.7 Å². The van der Waals surface area contributed by atoms with Crippen LogP contribution in [0.1, 0.15) is 24.8 Å². The fourth-order valence-electron chi connectivity index (χ4n) is 3.57. The third-order valence-electron chi connectivity index (χ3n) is 5.12. The second-order valence-electron chi connectivity index (χ2n) is 6.95. The zero-order chi connectivity index (χ0) is 19.6. The SMILES string of the molecule is C=CC(=O)N(C)CC(=O)N1CCc2cc(S(=O)(=O)N3CCCCC3)ccc21. The Hall–Kier alpha value is -2.19. The Bertz CT molecular complexity index is 860. The smallest absolute Gasteiger partial charge is 0.246 e. The first kappa shape index (κ1) is 19.6. The van der Waals surface area contributed by atoms with Crippen molar-refractivity contribution < 1.29 is 18.0 Å². The number of carbonyl (C=O) groups excluding carboxylic acids is 2. The zero-order valence-electron chi connectivity index (χ0n) is 15.6. The van der Waals surface area contributed by atoms with Crippen LogP contribution in [0.4, 0.5) is 5.69 Å². The van der Waals surface area contributed by atoms with Gasteiger partial charge in [-0.3, -0.25) is 9.59 Å². The van der Waals surface area contributed by atoms with Crippen molar-refractivity contribution in [2.45, 2.75) is 30.6 Å². The van der Waals surface area contributed by atoms with Gasteiger partial charge in [0.15, 0.2) is 0 Å². The summed E-state index contributed by atoms with van der Waals surface area (Å²) in [4.78, 5) is 27.3. The maximum absolute atomic E-state index is 12.8. The van der Waals surface area contributed by atoms with E-state index < -0.39 is 10.0 Å². The van der Waals surface area contributed by atoms with Gasteiger partial charge in [-0.05, 0) is 49.1 Å². The number of amides is 2. The fraction of sp³-hybridized carbons (Fsp3) is 0.474. The summed E-state index contributed by atoms with van der Waals surface area (Å²) in [5, 5.41) is 0. The Morgan fingerprint density at radius 3 is 2.56 bits per heavy atom. The Morgan fingerprint density at radius 1 is 1.19 bits per heavy atom. The third kappa shape index (κ3) is 3.91. The van der Waals surface area contributed by atoms with E-state index in [2.05, 4.69) is 6.58 Å². The number of nitrogens with zero attached hydrogens (tertiary/aromatic N) is 3. The summed E-state index contributed by atoms with van der Waals surface area (Å²) in [5.41, 5.74) is 1.57. The maximum Gasteiger partial charge on any atom is 0.246 e. The van der Waals surface area contributed by atoms with Crippen molar-refractivity contribution in [3.63, 3.8) is 0 Å². The topological polar surface area (TPSA) is 78.0 Å². The van der Waals surface area contributed by atoms with Gasteiger partial charge in [0.25, 0.3) is 0 Å². The van der Waals surface area contributed by atoms with E-state index in [0.29, 0.717) is 26.1 Å². The van der Waals surface area contributed by atoms with Crippen LogP contribution in [0.3, 0.4) is 0 Å². The van der Waals surface area contributed by atoms with Crippen LogP contribution in [0, 0.1) is 0 Å². The number of carbonyl (C=O) groups is 2. The van der Waals surface area contributed by atoms with Crippen LogP contribution in [-0.4, -0.2) is 62.7 Å². The lowest BCUT2D eigenvalue weighted by molar-refractivity contribution is -0.130. The molecule has 0 N–H and O–H groups in total. The minimum absolute atomic E-state index is 0.0435. The molecule has 0 aromatic heterocycles. The highest BCUT2D eigenvalue weighted by Gasteiger charge is 2.30. The second kappa shape index (κ2) is 7.82. The first-order valence-electron chi connectivity index (χ1n) is 9.15. The van der Waals surface area contributed by atoms with E-state index in [1.165, 1.54) is 11.0 Å². The average molecular weight is 391 g/mol. The lowest BCUT2D eigenvalue weighted by Crippen LogP contribution is -2.40. The molecule has 8 heteroatoms. The van der Waals surface area contributed by atoms with Crippen molar-refractivity contribution in [1.29, 1.82) is 0 Å². The van der Waals surface area contributed by atoms with Crippen molar-refractivity contribution in [2.24, 2.45) is 0 Å². The molecule has 146 valence electrons.